The topological polar surface area (TPSA) is 67.9 Å². The van der Waals surface area contributed by atoms with E-state index in [4.69, 9.17) is 0 Å². The van der Waals surface area contributed by atoms with Gasteiger partial charge in [0.2, 0.25) is 11.8 Å². The standard InChI is InChI=1S/C25H32FN5O2S/c1-3-28-29(2)17-25(33)31-18-24(32)30(13-14-34-19-21-7-5-4-6-8-21)16-23(31)27-15-20-9-11-22(26)12-10-20/h3-12,23,27-28H,1,13-19H2,2H3. The highest BCUT2D eigenvalue weighted by molar-refractivity contribution is 7.98. The van der Waals surface area contributed by atoms with Crippen LogP contribution < -0.4 is 10.7 Å². The van der Waals surface area contributed by atoms with E-state index in [0.29, 0.717) is 19.6 Å². The summed E-state index contributed by atoms with van der Waals surface area (Å²) in [5, 5.41) is 5.00. The van der Waals surface area contributed by atoms with Crippen molar-refractivity contribution in [2.75, 3.05) is 39.0 Å². The van der Waals surface area contributed by atoms with E-state index < -0.39 is 0 Å². The lowest BCUT2D eigenvalue weighted by Crippen LogP contribution is -2.64. The normalized spacial score (nSPS) is 16.1. The zero-order valence-electron chi connectivity index (χ0n) is 19.5. The van der Waals surface area contributed by atoms with Crippen LogP contribution in [0.1, 0.15) is 11.1 Å². The van der Waals surface area contributed by atoms with Crippen LogP contribution in [0.4, 0.5) is 4.39 Å². The molecule has 1 unspecified atom stereocenters. The second kappa shape index (κ2) is 13.1. The molecule has 182 valence electrons. The lowest BCUT2D eigenvalue weighted by molar-refractivity contribution is -0.150. The summed E-state index contributed by atoms with van der Waals surface area (Å²) in [4.78, 5) is 29.2. The summed E-state index contributed by atoms with van der Waals surface area (Å²) < 4.78 is 13.2. The molecule has 2 aromatic carbocycles. The number of hydrogen-bond donors (Lipinski definition) is 2. The molecule has 1 heterocycles. The fourth-order valence-corrected chi connectivity index (χ4v) is 4.61. The highest BCUT2D eigenvalue weighted by Gasteiger charge is 2.34. The molecule has 0 bridgehead atoms. The van der Waals surface area contributed by atoms with Gasteiger partial charge < -0.3 is 15.2 Å². The van der Waals surface area contributed by atoms with Gasteiger partial charge >= 0.3 is 0 Å². The van der Waals surface area contributed by atoms with Crippen molar-refractivity contribution >= 4 is 23.6 Å². The van der Waals surface area contributed by atoms with E-state index in [1.807, 2.05) is 23.1 Å². The van der Waals surface area contributed by atoms with Crippen molar-refractivity contribution in [3.8, 4) is 0 Å². The van der Waals surface area contributed by atoms with Crippen molar-refractivity contribution in [3.63, 3.8) is 0 Å². The van der Waals surface area contributed by atoms with Gasteiger partial charge in [-0.25, -0.2) is 9.40 Å². The first-order chi connectivity index (χ1) is 16.5. The number of amides is 2. The molecule has 1 fully saturated rings. The molecular weight excluding hydrogens is 453 g/mol. The monoisotopic (exact) mass is 485 g/mol. The van der Waals surface area contributed by atoms with Crippen molar-refractivity contribution in [1.82, 2.24) is 25.6 Å². The number of hydrazine groups is 1. The van der Waals surface area contributed by atoms with Crippen LogP contribution in [0.3, 0.4) is 0 Å². The van der Waals surface area contributed by atoms with Gasteiger partial charge in [0.25, 0.3) is 0 Å². The van der Waals surface area contributed by atoms with Crippen LogP contribution in [0.5, 0.6) is 0 Å². The smallest absolute Gasteiger partial charge is 0.242 e. The molecule has 3 rings (SSSR count). The Hall–Kier alpha value is -2.88. The Bertz CT molecular complexity index is 944. The lowest BCUT2D eigenvalue weighted by atomic mass is 10.2. The summed E-state index contributed by atoms with van der Waals surface area (Å²) in [6, 6.07) is 16.5. The maximum Gasteiger partial charge on any atom is 0.242 e. The number of carbonyl (C=O) groups excluding carboxylic acids is 2. The summed E-state index contributed by atoms with van der Waals surface area (Å²) in [6.07, 6.45) is 1.15. The van der Waals surface area contributed by atoms with E-state index in [0.717, 1.165) is 17.1 Å². The minimum atomic E-state index is -0.341. The second-order valence-corrected chi connectivity index (χ2v) is 9.22. The molecule has 7 nitrogen and oxygen atoms in total. The SMILES string of the molecule is C=CNN(C)CC(=O)N1CC(=O)N(CCSCc2ccccc2)CC1NCc1ccc(F)cc1. The van der Waals surface area contributed by atoms with Crippen molar-refractivity contribution in [2.45, 2.75) is 18.5 Å². The summed E-state index contributed by atoms with van der Waals surface area (Å²) in [6.45, 7) is 5.19. The molecule has 1 atom stereocenters. The van der Waals surface area contributed by atoms with E-state index in [1.165, 1.54) is 23.9 Å². The fraction of sp³-hybridized carbons (Fsp3) is 0.360. The van der Waals surface area contributed by atoms with Gasteiger partial charge in [0.15, 0.2) is 0 Å². The largest absolute Gasteiger partial charge is 0.337 e. The van der Waals surface area contributed by atoms with Gasteiger partial charge in [-0.05, 0) is 23.3 Å². The average Bonchev–Trinajstić information content (AvgIpc) is 2.83. The number of nitrogens with one attached hydrogen (secondary N) is 2. The number of likely N-dealkylation sites (N-methyl/N-ethyl adjacent to an activating group) is 1. The minimum absolute atomic E-state index is 0.0190. The quantitative estimate of drug-likeness (QED) is 0.356. The zero-order valence-corrected chi connectivity index (χ0v) is 20.3. The Labute approximate surface area is 204 Å². The summed E-state index contributed by atoms with van der Waals surface area (Å²) in [5.41, 5.74) is 5.02. The van der Waals surface area contributed by atoms with Crippen LogP contribution in [0.2, 0.25) is 0 Å². The molecule has 0 aromatic heterocycles. The molecule has 0 aliphatic carbocycles. The van der Waals surface area contributed by atoms with E-state index in [9.17, 15) is 14.0 Å². The van der Waals surface area contributed by atoms with Gasteiger partial charge in [0.05, 0.1) is 13.1 Å². The number of rotatable bonds is 12. The lowest BCUT2D eigenvalue weighted by Gasteiger charge is -2.42. The van der Waals surface area contributed by atoms with Gasteiger partial charge in [-0.15, -0.1) is 0 Å². The summed E-state index contributed by atoms with van der Waals surface area (Å²) >= 11 is 1.78. The highest BCUT2D eigenvalue weighted by atomic mass is 32.2. The summed E-state index contributed by atoms with van der Waals surface area (Å²) in [5.74, 6) is 1.18. The number of halogens is 1. The third kappa shape index (κ3) is 7.86. The molecule has 2 amide bonds. The number of nitrogens with zero attached hydrogens (tertiary/aromatic N) is 3. The Morgan fingerprint density at radius 1 is 1.21 bits per heavy atom. The van der Waals surface area contributed by atoms with Crippen LogP contribution in [0.15, 0.2) is 67.4 Å². The van der Waals surface area contributed by atoms with Gasteiger partial charge in [-0.3, -0.25) is 14.9 Å². The molecule has 2 aromatic rings. The Morgan fingerprint density at radius 2 is 1.94 bits per heavy atom. The van der Waals surface area contributed by atoms with E-state index in [2.05, 4.69) is 29.5 Å². The average molecular weight is 486 g/mol. The van der Waals surface area contributed by atoms with Crippen molar-refractivity contribution < 1.29 is 14.0 Å². The number of benzene rings is 2. The molecular formula is C25H32FN5O2S. The van der Waals surface area contributed by atoms with Gasteiger partial charge in [0, 0.05) is 37.8 Å². The number of carbonyl (C=O) groups is 2. The molecule has 9 heteroatoms. The van der Waals surface area contributed by atoms with Crippen molar-refractivity contribution in [3.05, 3.63) is 84.3 Å². The van der Waals surface area contributed by atoms with Crippen molar-refractivity contribution in [1.29, 1.82) is 0 Å². The molecule has 34 heavy (non-hydrogen) atoms. The molecule has 0 saturated carbocycles. The minimum Gasteiger partial charge on any atom is -0.337 e. The molecule has 2 N–H and O–H groups in total. The van der Waals surface area contributed by atoms with Crippen LogP contribution in [-0.2, 0) is 21.9 Å². The Balaban J connectivity index is 1.60. The predicted octanol–water partition coefficient (Wildman–Crippen LogP) is 2.43. The maximum atomic E-state index is 13.2. The first-order valence-corrected chi connectivity index (χ1v) is 12.4. The van der Waals surface area contributed by atoms with E-state index in [-0.39, 0.29) is 36.9 Å². The molecule has 1 saturated heterocycles. The van der Waals surface area contributed by atoms with Gasteiger partial charge in [0.1, 0.15) is 18.5 Å². The molecule has 0 spiro atoms. The predicted molar refractivity (Wildman–Crippen MR) is 134 cm³/mol. The van der Waals surface area contributed by atoms with Crippen LogP contribution in [0.25, 0.3) is 0 Å². The molecule has 0 radical (unpaired) electrons. The van der Waals surface area contributed by atoms with Gasteiger partial charge in [-0.2, -0.15) is 11.8 Å². The van der Waals surface area contributed by atoms with E-state index in [1.54, 1.807) is 40.9 Å². The van der Waals surface area contributed by atoms with Crippen LogP contribution >= 0.6 is 11.8 Å². The number of piperazine rings is 1. The first-order valence-electron chi connectivity index (χ1n) is 11.2. The van der Waals surface area contributed by atoms with Crippen LogP contribution in [0, 0.1) is 5.82 Å². The number of thioether (sulfide) groups is 1. The third-order valence-corrected chi connectivity index (χ3v) is 6.51. The Morgan fingerprint density at radius 3 is 2.65 bits per heavy atom. The Kier molecular flexibility index (Phi) is 9.93. The third-order valence-electron chi connectivity index (χ3n) is 5.50. The fourth-order valence-electron chi connectivity index (χ4n) is 3.69. The number of hydrogen-bond acceptors (Lipinski definition) is 6. The molecule has 1 aliphatic rings. The maximum absolute atomic E-state index is 13.2. The molecule has 1 aliphatic heterocycles. The van der Waals surface area contributed by atoms with Gasteiger partial charge in [-0.1, -0.05) is 49.0 Å². The second-order valence-electron chi connectivity index (χ2n) is 8.11. The zero-order chi connectivity index (χ0) is 24.3. The van der Waals surface area contributed by atoms with E-state index >= 15 is 0 Å². The first kappa shape index (κ1) is 25.7. The summed E-state index contributed by atoms with van der Waals surface area (Å²) in [7, 11) is 1.74. The van der Waals surface area contributed by atoms with Crippen molar-refractivity contribution in [2.24, 2.45) is 0 Å². The highest BCUT2D eigenvalue weighted by Crippen LogP contribution is 2.15. The van der Waals surface area contributed by atoms with Crippen LogP contribution in [-0.4, -0.2) is 71.8 Å².